The fraction of sp³-hybridized carbons (Fsp3) is 0.200. The van der Waals surface area contributed by atoms with Crippen LogP contribution >= 0.6 is 34.5 Å². The molecule has 22 heavy (non-hydrogen) atoms. The Morgan fingerprint density at radius 2 is 2.32 bits per heavy atom. The first-order chi connectivity index (χ1) is 10.4. The second-order valence-electron chi connectivity index (χ2n) is 4.66. The molecule has 0 spiro atoms. The zero-order chi connectivity index (χ0) is 16.3. The molecule has 0 radical (unpaired) electrons. The van der Waals surface area contributed by atoms with Crippen LogP contribution in [0.15, 0.2) is 42.7 Å². The number of esters is 1. The average molecular weight is 433 g/mol. The lowest BCUT2D eigenvalue weighted by molar-refractivity contribution is -0.136. The van der Waals surface area contributed by atoms with Gasteiger partial charge >= 0.3 is 5.97 Å². The number of aliphatic hydroxyl groups excluding tert-OH is 1. The maximum atomic E-state index is 11.4. The third-order valence-corrected chi connectivity index (χ3v) is 3.91. The summed E-state index contributed by atoms with van der Waals surface area (Å²) in [6.07, 6.45) is 2.69. The van der Waals surface area contributed by atoms with E-state index in [1.807, 2.05) is 29.1 Å². The van der Waals surface area contributed by atoms with E-state index in [9.17, 15) is 9.90 Å². The molecule has 1 unspecified atom stereocenters. The number of ether oxygens (including phenoxy) is 1. The number of methoxy groups -OCH3 is 1. The smallest absolute Gasteiger partial charge is 0.333 e. The number of aliphatic hydroxyl groups is 1. The minimum absolute atomic E-state index is 0.0830. The Hall–Kier alpha value is -1.38. The molecule has 1 aromatic heterocycles. The summed E-state index contributed by atoms with van der Waals surface area (Å²) < 4.78 is 6.24. The van der Waals surface area contributed by atoms with Crippen molar-refractivity contribution < 1.29 is 14.6 Å². The van der Waals surface area contributed by atoms with Gasteiger partial charge in [0.05, 0.1) is 42.3 Å². The number of halogens is 2. The van der Waals surface area contributed by atoms with Gasteiger partial charge in [-0.2, -0.15) is 5.10 Å². The quantitative estimate of drug-likeness (QED) is 0.446. The number of rotatable bonds is 5. The van der Waals surface area contributed by atoms with Gasteiger partial charge in [0.1, 0.15) is 0 Å². The van der Waals surface area contributed by atoms with Crippen molar-refractivity contribution in [2.24, 2.45) is 0 Å². The van der Waals surface area contributed by atoms with Crippen molar-refractivity contribution in [3.8, 4) is 11.1 Å². The van der Waals surface area contributed by atoms with Gasteiger partial charge in [-0.1, -0.05) is 24.2 Å². The summed E-state index contributed by atoms with van der Waals surface area (Å²) >= 11 is 8.09. The Morgan fingerprint density at radius 1 is 1.59 bits per heavy atom. The average Bonchev–Trinajstić information content (AvgIpc) is 2.92. The topological polar surface area (TPSA) is 64.4 Å². The summed E-state index contributed by atoms with van der Waals surface area (Å²) in [5.74, 6) is -0.533. The zero-order valence-electron chi connectivity index (χ0n) is 11.8. The Kier molecular flexibility index (Phi) is 5.60. The molecule has 0 aliphatic carbocycles. The van der Waals surface area contributed by atoms with Crippen LogP contribution in [0.1, 0.15) is 18.1 Å². The van der Waals surface area contributed by atoms with Gasteiger partial charge in [-0.15, -0.1) is 0 Å². The van der Waals surface area contributed by atoms with Crippen molar-refractivity contribution >= 4 is 40.4 Å². The Morgan fingerprint density at radius 3 is 2.91 bits per heavy atom. The molecule has 1 N–H and O–H groups in total. The van der Waals surface area contributed by atoms with Crippen LogP contribution in [0.3, 0.4) is 0 Å². The summed E-state index contributed by atoms with van der Waals surface area (Å²) in [7, 11) is 1.28. The number of aromatic nitrogens is 2. The van der Waals surface area contributed by atoms with E-state index in [2.05, 4.69) is 16.4 Å². The van der Waals surface area contributed by atoms with Crippen molar-refractivity contribution in [1.82, 2.24) is 7.99 Å². The molecule has 0 aliphatic rings. The van der Waals surface area contributed by atoms with E-state index in [-0.39, 0.29) is 12.0 Å². The molecular formula is C15H14ClIN2O3. The van der Waals surface area contributed by atoms with Gasteiger partial charge in [0.25, 0.3) is 0 Å². The summed E-state index contributed by atoms with van der Waals surface area (Å²) in [5, 5.41) is 15.1. The summed E-state index contributed by atoms with van der Waals surface area (Å²) in [4.78, 5) is 11.4. The van der Waals surface area contributed by atoms with Crippen molar-refractivity contribution in [1.29, 1.82) is 0 Å². The zero-order valence-corrected chi connectivity index (χ0v) is 14.7. The molecule has 1 heterocycles. The third kappa shape index (κ3) is 3.88. The molecule has 2 rings (SSSR count). The van der Waals surface area contributed by atoms with Crippen molar-refractivity contribution in [3.05, 3.63) is 53.3 Å². The van der Waals surface area contributed by atoms with Crippen LogP contribution in [0.2, 0.25) is 5.02 Å². The minimum atomic E-state index is -0.892. The number of hydrogen-bond donors (Lipinski definition) is 1. The van der Waals surface area contributed by atoms with E-state index in [1.165, 1.54) is 7.11 Å². The molecule has 1 atom stereocenters. The van der Waals surface area contributed by atoms with Crippen LogP contribution in [-0.2, 0) is 9.53 Å². The van der Waals surface area contributed by atoms with Gasteiger partial charge in [0.2, 0.25) is 0 Å². The van der Waals surface area contributed by atoms with Crippen molar-refractivity contribution in [2.75, 3.05) is 7.11 Å². The van der Waals surface area contributed by atoms with Crippen LogP contribution in [-0.4, -0.2) is 26.2 Å². The lowest BCUT2D eigenvalue weighted by Crippen LogP contribution is -2.09. The van der Waals surface area contributed by atoms with E-state index in [0.717, 1.165) is 11.1 Å². The Bertz CT molecular complexity index is 715. The van der Waals surface area contributed by atoms with E-state index in [4.69, 9.17) is 11.6 Å². The number of nitrogens with zero attached hydrogens (tertiary/aromatic N) is 2. The minimum Gasteiger partial charge on any atom is -0.466 e. The molecule has 2 aromatic rings. The normalized spacial score (nSPS) is 12.0. The van der Waals surface area contributed by atoms with Crippen LogP contribution in [0.4, 0.5) is 0 Å². The van der Waals surface area contributed by atoms with Gasteiger partial charge < -0.3 is 9.84 Å². The highest BCUT2D eigenvalue weighted by Crippen LogP contribution is 2.33. The number of hydrogen-bond acceptors (Lipinski definition) is 4. The molecule has 7 heteroatoms. The van der Waals surface area contributed by atoms with Crippen LogP contribution < -0.4 is 0 Å². The fourth-order valence-electron chi connectivity index (χ4n) is 2.08. The van der Waals surface area contributed by atoms with Crippen molar-refractivity contribution in [2.45, 2.75) is 12.5 Å². The van der Waals surface area contributed by atoms with Gasteiger partial charge in [-0.25, -0.2) is 7.69 Å². The molecule has 0 fully saturated rings. The van der Waals surface area contributed by atoms with Crippen molar-refractivity contribution in [3.63, 3.8) is 0 Å². The number of carbonyl (C=O) groups excluding carboxylic acids is 1. The maximum absolute atomic E-state index is 11.4. The Labute approximate surface area is 147 Å². The van der Waals surface area contributed by atoms with E-state index in [0.29, 0.717) is 10.6 Å². The molecule has 0 aliphatic heterocycles. The second kappa shape index (κ2) is 7.26. The largest absolute Gasteiger partial charge is 0.466 e. The third-order valence-electron chi connectivity index (χ3n) is 3.15. The fourth-order valence-corrected chi connectivity index (χ4v) is 2.67. The Balaban J connectivity index is 2.34. The van der Waals surface area contributed by atoms with Crippen LogP contribution in [0.5, 0.6) is 0 Å². The van der Waals surface area contributed by atoms with Gasteiger partial charge in [-0.05, 0) is 23.3 Å². The van der Waals surface area contributed by atoms with Crippen LogP contribution in [0, 0.1) is 0 Å². The van der Waals surface area contributed by atoms with Gasteiger partial charge in [0, 0.05) is 28.8 Å². The lowest BCUT2D eigenvalue weighted by atomic mass is 9.95. The molecule has 1 aromatic carbocycles. The first-order valence-electron chi connectivity index (χ1n) is 6.37. The highest BCUT2D eigenvalue weighted by Gasteiger charge is 2.19. The summed E-state index contributed by atoms with van der Waals surface area (Å²) in [6.45, 7) is 3.64. The molecule has 0 saturated heterocycles. The predicted molar refractivity (Wildman–Crippen MR) is 92.8 cm³/mol. The summed E-state index contributed by atoms with van der Waals surface area (Å²) in [6, 6.07) is 5.19. The lowest BCUT2D eigenvalue weighted by Gasteiger charge is -2.16. The highest BCUT2D eigenvalue weighted by molar-refractivity contribution is 14.1. The monoisotopic (exact) mass is 432 g/mol. The van der Waals surface area contributed by atoms with Crippen LogP contribution in [0.25, 0.3) is 11.1 Å². The summed E-state index contributed by atoms with van der Waals surface area (Å²) in [5.41, 5.74) is 2.45. The maximum Gasteiger partial charge on any atom is 0.333 e. The standard InChI is InChI=1S/C15H14ClIN2O3/c1-9(15(21)22-2)5-14(20)12-4-3-11(16)6-13(12)10-7-18-19(17)8-10/h3-4,6-8,14,20H,1,5H2,2H3. The van der Waals surface area contributed by atoms with Gasteiger partial charge in [0.15, 0.2) is 0 Å². The molecule has 0 bridgehead atoms. The van der Waals surface area contributed by atoms with E-state index >= 15 is 0 Å². The first-order valence-corrected chi connectivity index (χ1v) is 7.71. The number of carbonyl (C=O) groups is 1. The molecular weight excluding hydrogens is 419 g/mol. The SMILES string of the molecule is C=C(CC(O)c1ccc(Cl)cc1-c1cnn(I)c1)C(=O)OC. The predicted octanol–water partition coefficient (Wildman–Crippen LogP) is 3.55. The molecule has 5 nitrogen and oxygen atoms in total. The molecule has 0 amide bonds. The number of benzene rings is 1. The highest BCUT2D eigenvalue weighted by atomic mass is 127. The molecule has 116 valence electrons. The second-order valence-corrected chi connectivity index (χ2v) is 6.09. The van der Waals surface area contributed by atoms with E-state index < -0.39 is 12.1 Å². The van der Waals surface area contributed by atoms with Gasteiger partial charge in [-0.3, -0.25) is 0 Å². The van der Waals surface area contributed by atoms with E-state index in [1.54, 1.807) is 27.3 Å². The first kappa shape index (κ1) is 17.0. The molecule has 0 saturated carbocycles.